The zero-order valence-electron chi connectivity index (χ0n) is 10.2. The maximum absolute atomic E-state index is 5.12. The summed E-state index contributed by atoms with van der Waals surface area (Å²) in [5, 5.41) is 4.55. The lowest BCUT2D eigenvalue weighted by Gasteiger charge is -2.19. The Hall–Kier alpha value is -0.540. The number of nitrogens with one attached hydrogen (secondary N) is 1. The van der Waals surface area contributed by atoms with Crippen molar-refractivity contribution in [3.8, 4) is 5.75 Å². The van der Waals surface area contributed by atoms with Gasteiger partial charge in [0.05, 0.1) is 7.11 Å². The topological polar surface area (TPSA) is 21.3 Å². The summed E-state index contributed by atoms with van der Waals surface area (Å²) in [6.07, 6.45) is 0. The molecule has 16 heavy (non-hydrogen) atoms. The van der Waals surface area contributed by atoms with Gasteiger partial charge in [0.2, 0.25) is 0 Å². The predicted octanol–water partition coefficient (Wildman–Crippen LogP) is 3.20. The number of ether oxygens (including phenoxy) is 1. The third-order valence-corrected chi connectivity index (χ3v) is 3.91. The molecule has 0 radical (unpaired) electrons. The Bertz CT molecular complexity index is 299. The quantitative estimate of drug-likeness (QED) is 0.811. The molecule has 1 rings (SSSR count). The van der Waals surface area contributed by atoms with Gasteiger partial charge >= 0.3 is 0 Å². The largest absolute Gasteiger partial charge is 0.497 e. The first-order valence-electron chi connectivity index (χ1n) is 5.59. The van der Waals surface area contributed by atoms with Gasteiger partial charge in [-0.2, -0.15) is 0 Å². The van der Waals surface area contributed by atoms with Crippen LogP contribution in [-0.4, -0.2) is 18.5 Å². The molecule has 1 N–H and O–H groups in total. The van der Waals surface area contributed by atoms with Crippen molar-refractivity contribution in [2.24, 2.45) is 5.92 Å². The standard InChI is InChI=1S/C13H20BrNO/c1-10(8-14)11(2)15-9-12-4-6-13(16-3)7-5-12/h4-7,10-11,15H,8-9H2,1-3H3. The SMILES string of the molecule is COc1ccc(CNC(C)C(C)CBr)cc1. The second-order valence-corrected chi connectivity index (χ2v) is 4.80. The summed E-state index contributed by atoms with van der Waals surface area (Å²) in [7, 11) is 1.69. The molecule has 0 saturated heterocycles. The smallest absolute Gasteiger partial charge is 0.118 e. The van der Waals surface area contributed by atoms with Gasteiger partial charge in [-0.15, -0.1) is 0 Å². The number of hydrogen-bond donors (Lipinski definition) is 1. The summed E-state index contributed by atoms with van der Waals surface area (Å²) in [5.74, 6) is 1.55. The summed E-state index contributed by atoms with van der Waals surface area (Å²) in [6, 6.07) is 8.70. The molecular weight excluding hydrogens is 266 g/mol. The molecule has 0 aliphatic carbocycles. The summed E-state index contributed by atoms with van der Waals surface area (Å²) < 4.78 is 5.12. The van der Waals surface area contributed by atoms with E-state index in [2.05, 4.69) is 47.2 Å². The predicted molar refractivity (Wildman–Crippen MR) is 72.3 cm³/mol. The Morgan fingerprint density at radius 3 is 2.38 bits per heavy atom. The molecule has 0 aliphatic heterocycles. The molecule has 0 bridgehead atoms. The fraction of sp³-hybridized carbons (Fsp3) is 0.538. The average molecular weight is 286 g/mol. The van der Waals surface area contributed by atoms with Gasteiger partial charge in [-0.3, -0.25) is 0 Å². The van der Waals surface area contributed by atoms with Crippen molar-refractivity contribution in [2.75, 3.05) is 12.4 Å². The minimum Gasteiger partial charge on any atom is -0.497 e. The molecule has 3 heteroatoms. The third-order valence-electron chi connectivity index (χ3n) is 2.88. The molecular formula is C13H20BrNO. The molecule has 2 unspecified atom stereocenters. The number of rotatable bonds is 6. The zero-order chi connectivity index (χ0) is 12.0. The second kappa shape index (κ2) is 6.92. The Morgan fingerprint density at radius 2 is 1.88 bits per heavy atom. The van der Waals surface area contributed by atoms with Crippen LogP contribution in [0.15, 0.2) is 24.3 Å². The van der Waals surface area contributed by atoms with Gasteiger partial charge in [-0.05, 0) is 30.5 Å². The fourth-order valence-electron chi connectivity index (χ4n) is 1.36. The molecule has 2 nitrogen and oxygen atoms in total. The number of methoxy groups -OCH3 is 1. The van der Waals surface area contributed by atoms with Gasteiger partial charge < -0.3 is 10.1 Å². The molecule has 0 spiro atoms. The lowest BCUT2D eigenvalue weighted by atomic mass is 10.1. The highest BCUT2D eigenvalue weighted by atomic mass is 79.9. The first-order valence-corrected chi connectivity index (χ1v) is 6.71. The maximum atomic E-state index is 5.12. The molecule has 2 atom stereocenters. The Balaban J connectivity index is 2.42. The van der Waals surface area contributed by atoms with Crippen LogP contribution in [0, 0.1) is 5.92 Å². The maximum Gasteiger partial charge on any atom is 0.118 e. The van der Waals surface area contributed by atoms with E-state index in [1.807, 2.05) is 12.1 Å². The molecule has 0 fully saturated rings. The lowest BCUT2D eigenvalue weighted by molar-refractivity contribution is 0.414. The second-order valence-electron chi connectivity index (χ2n) is 4.15. The Morgan fingerprint density at radius 1 is 1.25 bits per heavy atom. The molecule has 0 amide bonds. The average Bonchev–Trinajstić information content (AvgIpc) is 2.35. The molecule has 1 aromatic rings. The van der Waals surface area contributed by atoms with E-state index in [9.17, 15) is 0 Å². The highest BCUT2D eigenvalue weighted by molar-refractivity contribution is 9.09. The highest BCUT2D eigenvalue weighted by Gasteiger charge is 2.09. The van der Waals surface area contributed by atoms with Crippen molar-refractivity contribution in [1.82, 2.24) is 5.32 Å². The highest BCUT2D eigenvalue weighted by Crippen LogP contribution is 2.12. The molecule has 0 saturated carbocycles. The van der Waals surface area contributed by atoms with Gasteiger partial charge in [-0.25, -0.2) is 0 Å². The summed E-state index contributed by atoms with van der Waals surface area (Å²) in [6.45, 7) is 5.36. The minimum atomic E-state index is 0.515. The van der Waals surface area contributed by atoms with Crippen LogP contribution in [0.2, 0.25) is 0 Å². The van der Waals surface area contributed by atoms with Gasteiger partial charge in [0.1, 0.15) is 5.75 Å². The number of halogens is 1. The van der Waals surface area contributed by atoms with Crippen LogP contribution in [0.4, 0.5) is 0 Å². The van der Waals surface area contributed by atoms with Crippen LogP contribution in [-0.2, 0) is 6.54 Å². The monoisotopic (exact) mass is 285 g/mol. The molecule has 0 aliphatic rings. The number of alkyl halides is 1. The first kappa shape index (κ1) is 13.5. The normalized spacial score (nSPS) is 14.5. The van der Waals surface area contributed by atoms with Crippen molar-refractivity contribution in [3.63, 3.8) is 0 Å². The number of hydrogen-bond acceptors (Lipinski definition) is 2. The van der Waals surface area contributed by atoms with Gasteiger partial charge in [0.15, 0.2) is 0 Å². The summed E-state index contributed by atoms with van der Waals surface area (Å²) >= 11 is 3.50. The Labute approximate surface area is 107 Å². The van der Waals surface area contributed by atoms with E-state index in [1.165, 1.54) is 5.56 Å². The molecule has 0 heterocycles. The van der Waals surface area contributed by atoms with Crippen LogP contribution in [0.25, 0.3) is 0 Å². The van der Waals surface area contributed by atoms with Gasteiger partial charge in [0.25, 0.3) is 0 Å². The summed E-state index contributed by atoms with van der Waals surface area (Å²) in [4.78, 5) is 0. The van der Waals surface area contributed by atoms with Gasteiger partial charge in [-0.1, -0.05) is 35.0 Å². The zero-order valence-corrected chi connectivity index (χ0v) is 11.8. The van der Waals surface area contributed by atoms with Crippen LogP contribution in [0.5, 0.6) is 5.75 Å². The van der Waals surface area contributed by atoms with Crippen molar-refractivity contribution in [1.29, 1.82) is 0 Å². The first-order chi connectivity index (χ1) is 7.67. The van der Waals surface area contributed by atoms with Crippen molar-refractivity contribution in [3.05, 3.63) is 29.8 Å². The van der Waals surface area contributed by atoms with Crippen LogP contribution in [0.1, 0.15) is 19.4 Å². The number of benzene rings is 1. The van der Waals surface area contributed by atoms with E-state index >= 15 is 0 Å². The minimum absolute atomic E-state index is 0.515. The lowest BCUT2D eigenvalue weighted by Crippen LogP contribution is -2.32. The van der Waals surface area contributed by atoms with E-state index in [4.69, 9.17) is 4.74 Å². The van der Waals surface area contributed by atoms with E-state index < -0.39 is 0 Å². The molecule has 90 valence electrons. The van der Waals surface area contributed by atoms with Crippen LogP contribution < -0.4 is 10.1 Å². The molecule has 1 aromatic carbocycles. The van der Waals surface area contributed by atoms with Crippen molar-refractivity contribution in [2.45, 2.75) is 26.4 Å². The Kier molecular flexibility index (Phi) is 5.85. The summed E-state index contributed by atoms with van der Waals surface area (Å²) in [5.41, 5.74) is 1.29. The van der Waals surface area contributed by atoms with Crippen molar-refractivity contribution >= 4 is 15.9 Å². The fourth-order valence-corrected chi connectivity index (χ4v) is 1.92. The van der Waals surface area contributed by atoms with E-state index in [1.54, 1.807) is 7.11 Å². The van der Waals surface area contributed by atoms with E-state index in [0.717, 1.165) is 17.6 Å². The third kappa shape index (κ3) is 4.14. The van der Waals surface area contributed by atoms with Crippen molar-refractivity contribution < 1.29 is 4.74 Å². The van der Waals surface area contributed by atoms with Crippen LogP contribution >= 0.6 is 15.9 Å². The van der Waals surface area contributed by atoms with E-state index in [-0.39, 0.29) is 0 Å². The van der Waals surface area contributed by atoms with Crippen LogP contribution in [0.3, 0.4) is 0 Å². The van der Waals surface area contributed by atoms with E-state index in [0.29, 0.717) is 12.0 Å². The van der Waals surface area contributed by atoms with Gasteiger partial charge in [0, 0.05) is 17.9 Å². The molecule has 0 aromatic heterocycles.